The highest BCUT2D eigenvalue weighted by Gasteiger charge is 2.07. The smallest absolute Gasteiger partial charge is 0.267 e. The van der Waals surface area contributed by atoms with Gasteiger partial charge in [0.25, 0.3) is 5.91 Å². The van der Waals surface area contributed by atoms with E-state index >= 15 is 0 Å². The summed E-state index contributed by atoms with van der Waals surface area (Å²) < 4.78 is 12.9. The topological polar surface area (TPSA) is 56.0 Å². The monoisotopic (exact) mass is 190 g/mol. The zero-order chi connectivity index (χ0) is 10.1. The van der Waals surface area contributed by atoms with Gasteiger partial charge < -0.3 is 5.73 Å². The molecule has 2 rings (SSSR count). The number of hydrogen-bond donors (Lipinski definition) is 1. The lowest BCUT2D eigenvalue weighted by Crippen LogP contribution is -2.13. The number of carbonyl (C=O) groups is 1. The van der Waals surface area contributed by atoms with Crippen LogP contribution in [0.25, 0.3) is 10.8 Å². The number of fused-ring (bicyclic) bond motifs is 1. The number of hydrogen-bond acceptors (Lipinski definition) is 2. The summed E-state index contributed by atoms with van der Waals surface area (Å²) in [6.45, 7) is 0. The molecule has 0 aliphatic carbocycles. The number of halogens is 1. The van der Waals surface area contributed by atoms with E-state index in [0.717, 1.165) is 5.39 Å². The van der Waals surface area contributed by atoms with E-state index in [0.29, 0.717) is 5.39 Å². The molecular weight excluding hydrogens is 183 g/mol. The Balaban J connectivity index is 2.84. The Labute approximate surface area is 79.4 Å². The van der Waals surface area contributed by atoms with Gasteiger partial charge in [-0.2, -0.15) is 0 Å². The molecule has 0 aliphatic heterocycles. The molecule has 0 aliphatic rings. The fourth-order valence-electron chi connectivity index (χ4n) is 1.34. The highest BCUT2D eigenvalue weighted by molar-refractivity contribution is 6.04. The first-order valence-electron chi connectivity index (χ1n) is 4.02. The van der Waals surface area contributed by atoms with Crippen molar-refractivity contribution in [2.45, 2.75) is 0 Å². The van der Waals surface area contributed by atoms with E-state index in [1.807, 2.05) is 0 Å². The van der Waals surface area contributed by atoms with Crippen molar-refractivity contribution in [2.24, 2.45) is 5.73 Å². The summed E-state index contributed by atoms with van der Waals surface area (Å²) in [5, 5.41) is 1.19. The van der Waals surface area contributed by atoms with Crippen LogP contribution in [0.4, 0.5) is 4.39 Å². The van der Waals surface area contributed by atoms with Gasteiger partial charge in [-0.05, 0) is 23.6 Å². The summed E-state index contributed by atoms with van der Waals surface area (Å²) in [7, 11) is 0. The van der Waals surface area contributed by atoms with E-state index in [1.165, 1.54) is 18.3 Å². The number of pyridine rings is 1. The first kappa shape index (κ1) is 8.62. The summed E-state index contributed by atoms with van der Waals surface area (Å²) in [4.78, 5) is 14.8. The Bertz CT molecular complexity index is 510. The summed E-state index contributed by atoms with van der Waals surface area (Å²) >= 11 is 0. The van der Waals surface area contributed by atoms with Gasteiger partial charge in [-0.15, -0.1) is 0 Å². The minimum Gasteiger partial charge on any atom is -0.364 e. The van der Waals surface area contributed by atoms with Crippen molar-refractivity contribution in [3.63, 3.8) is 0 Å². The van der Waals surface area contributed by atoms with Crippen molar-refractivity contribution in [3.05, 3.63) is 42.0 Å². The number of aromatic nitrogens is 1. The SMILES string of the molecule is NC(=O)c1nccc2ccc(F)cc12. The first-order valence-corrected chi connectivity index (χ1v) is 4.02. The number of benzene rings is 1. The summed E-state index contributed by atoms with van der Waals surface area (Å²) in [6, 6.07) is 5.86. The normalized spacial score (nSPS) is 10.4. The molecule has 4 heteroatoms. The van der Waals surface area contributed by atoms with Gasteiger partial charge in [-0.3, -0.25) is 9.78 Å². The van der Waals surface area contributed by atoms with Crippen LogP contribution in [0, 0.1) is 5.82 Å². The maximum Gasteiger partial charge on any atom is 0.267 e. The molecule has 0 atom stereocenters. The molecule has 0 bridgehead atoms. The van der Waals surface area contributed by atoms with Crippen LogP contribution in [0.1, 0.15) is 10.5 Å². The predicted molar refractivity (Wildman–Crippen MR) is 50.2 cm³/mol. The average molecular weight is 190 g/mol. The van der Waals surface area contributed by atoms with Crippen molar-refractivity contribution >= 4 is 16.7 Å². The lowest BCUT2D eigenvalue weighted by Gasteiger charge is -2.01. The van der Waals surface area contributed by atoms with Gasteiger partial charge in [0.05, 0.1) is 0 Å². The molecule has 0 spiro atoms. The molecule has 2 aromatic rings. The minimum atomic E-state index is -0.652. The number of rotatable bonds is 1. The van der Waals surface area contributed by atoms with E-state index in [4.69, 9.17) is 5.73 Å². The highest BCUT2D eigenvalue weighted by atomic mass is 19.1. The maximum absolute atomic E-state index is 12.9. The Morgan fingerprint density at radius 3 is 2.86 bits per heavy atom. The van der Waals surface area contributed by atoms with Crippen LogP contribution in [0.5, 0.6) is 0 Å². The van der Waals surface area contributed by atoms with Crippen LogP contribution in [0.2, 0.25) is 0 Å². The van der Waals surface area contributed by atoms with Gasteiger partial charge in [-0.25, -0.2) is 4.39 Å². The van der Waals surface area contributed by atoms with Crippen molar-refractivity contribution in [2.75, 3.05) is 0 Å². The molecule has 14 heavy (non-hydrogen) atoms. The number of nitrogens with two attached hydrogens (primary N) is 1. The molecule has 0 saturated heterocycles. The van der Waals surface area contributed by atoms with Gasteiger partial charge in [0.1, 0.15) is 11.5 Å². The van der Waals surface area contributed by atoms with E-state index in [-0.39, 0.29) is 5.69 Å². The molecule has 2 N–H and O–H groups in total. The third kappa shape index (κ3) is 1.31. The van der Waals surface area contributed by atoms with Crippen molar-refractivity contribution in [1.29, 1.82) is 0 Å². The fourth-order valence-corrected chi connectivity index (χ4v) is 1.34. The lowest BCUT2D eigenvalue weighted by molar-refractivity contribution is 0.0997. The molecule has 3 nitrogen and oxygen atoms in total. The summed E-state index contributed by atoms with van der Waals surface area (Å²) in [5.41, 5.74) is 5.21. The third-order valence-corrected chi connectivity index (χ3v) is 1.96. The number of primary amides is 1. The van der Waals surface area contributed by atoms with Gasteiger partial charge in [-0.1, -0.05) is 6.07 Å². The van der Waals surface area contributed by atoms with Crippen LogP contribution < -0.4 is 5.73 Å². The van der Waals surface area contributed by atoms with Crippen LogP contribution in [0.15, 0.2) is 30.5 Å². The standard InChI is InChI=1S/C10H7FN2O/c11-7-2-1-6-3-4-13-9(10(12)14)8(6)5-7/h1-5H,(H2,12,14). The minimum absolute atomic E-state index is 0.0991. The van der Waals surface area contributed by atoms with Crippen molar-refractivity contribution in [3.8, 4) is 0 Å². The molecule has 70 valence electrons. The Kier molecular flexibility index (Phi) is 1.89. The zero-order valence-electron chi connectivity index (χ0n) is 7.20. The van der Waals surface area contributed by atoms with Gasteiger partial charge in [0.15, 0.2) is 0 Å². The molecule has 1 aromatic carbocycles. The number of amides is 1. The average Bonchev–Trinajstić information content (AvgIpc) is 2.16. The largest absolute Gasteiger partial charge is 0.364 e. The van der Waals surface area contributed by atoms with Crippen molar-refractivity contribution < 1.29 is 9.18 Å². The molecule has 1 aromatic heterocycles. The molecule has 1 heterocycles. The van der Waals surface area contributed by atoms with E-state index in [1.54, 1.807) is 12.1 Å². The third-order valence-electron chi connectivity index (χ3n) is 1.96. The van der Waals surface area contributed by atoms with E-state index in [2.05, 4.69) is 4.98 Å². The zero-order valence-corrected chi connectivity index (χ0v) is 7.20. The van der Waals surface area contributed by atoms with Gasteiger partial charge in [0, 0.05) is 11.6 Å². The maximum atomic E-state index is 12.9. The molecule has 1 amide bonds. The second-order valence-corrected chi connectivity index (χ2v) is 2.89. The second kappa shape index (κ2) is 3.06. The predicted octanol–water partition coefficient (Wildman–Crippen LogP) is 1.47. The van der Waals surface area contributed by atoms with Gasteiger partial charge in [0.2, 0.25) is 0 Å². The fraction of sp³-hybridized carbons (Fsp3) is 0. The molecule has 0 saturated carbocycles. The van der Waals surface area contributed by atoms with Crippen LogP contribution >= 0.6 is 0 Å². The quantitative estimate of drug-likeness (QED) is 0.740. The summed E-state index contributed by atoms with van der Waals surface area (Å²) in [5.74, 6) is -1.06. The Morgan fingerprint density at radius 1 is 1.36 bits per heavy atom. The van der Waals surface area contributed by atoms with Crippen LogP contribution in [-0.4, -0.2) is 10.9 Å². The second-order valence-electron chi connectivity index (χ2n) is 2.89. The molecular formula is C10H7FN2O. The highest BCUT2D eigenvalue weighted by Crippen LogP contribution is 2.17. The summed E-state index contributed by atoms with van der Waals surface area (Å²) in [6.07, 6.45) is 1.47. The lowest BCUT2D eigenvalue weighted by atomic mass is 10.1. The van der Waals surface area contributed by atoms with Crippen LogP contribution in [0.3, 0.4) is 0 Å². The Morgan fingerprint density at radius 2 is 2.14 bits per heavy atom. The number of nitrogens with zero attached hydrogens (tertiary/aromatic N) is 1. The number of carbonyl (C=O) groups excluding carboxylic acids is 1. The van der Waals surface area contributed by atoms with Crippen molar-refractivity contribution in [1.82, 2.24) is 4.98 Å². The molecule has 0 fully saturated rings. The van der Waals surface area contributed by atoms with E-state index < -0.39 is 11.7 Å². The Hall–Kier alpha value is -1.97. The van der Waals surface area contributed by atoms with E-state index in [9.17, 15) is 9.18 Å². The molecule has 0 unspecified atom stereocenters. The first-order chi connectivity index (χ1) is 6.68. The van der Waals surface area contributed by atoms with Crippen LogP contribution in [-0.2, 0) is 0 Å². The van der Waals surface area contributed by atoms with Gasteiger partial charge >= 0.3 is 0 Å². The molecule has 0 radical (unpaired) electrons.